The molecule has 0 amide bonds. The summed E-state index contributed by atoms with van der Waals surface area (Å²) in [5.41, 5.74) is 2.29. The van der Waals surface area contributed by atoms with Gasteiger partial charge in [0.15, 0.2) is 11.5 Å². The molecular formula is C18H14N6O4S. The number of nitrogens with zero attached hydrogens (tertiary/aromatic N) is 5. The van der Waals surface area contributed by atoms with Crippen molar-refractivity contribution in [3.05, 3.63) is 76.6 Å². The molecule has 2 aromatic carbocycles. The van der Waals surface area contributed by atoms with Crippen molar-refractivity contribution in [2.24, 2.45) is 0 Å². The van der Waals surface area contributed by atoms with Crippen molar-refractivity contribution < 1.29 is 13.3 Å². The summed E-state index contributed by atoms with van der Waals surface area (Å²) in [6.07, 6.45) is 0. The summed E-state index contributed by atoms with van der Waals surface area (Å²) in [7, 11) is -3.87. The zero-order valence-corrected chi connectivity index (χ0v) is 15.9. The van der Waals surface area contributed by atoms with Gasteiger partial charge in [0.1, 0.15) is 0 Å². The van der Waals surface area contributed by atoms with Gasteiger partial charge in [0.05, 0.1) is 15.5 Å². The maximum atomic E-state index is 12.5. The molecule has 0 atom stereocenters. The number of fused-ring (bicyclic) bond motifs is 1. The molecule has 0 radical (unpaired) electrons. The molecule has 0 aliphatic carbocycles. The van der Waals surface area contributed by atoms with E-state index >= 15 is 0 Å². The largest absolute Gasteiger partial charge is 0.280 e. The minimum atomic E-state index is -3.87. The maximum Gasteiger partial charge on any atom is 0.269 e. The van der Waals surface area contributed by atoms with Crippen molar-refractivity contribution in [2.75, 3.05) is 4.72 Å². The third kappa shape index (κ3) is 3.62. The van der Waals surface area contributed by atoms with Crippen molar-refractivity contribution in [3.63, 3.8) is 0 Å². The van der Waals surface area contributed by atoms with Gasteiger partial charge in [-0.25, -0.2) is 8.42 Å². The zero-order chi connectivity index (χ0) is 20.6. The van der Waals surface area contributed by atoms with E-state index in [0.717, 1.165) is 17.7 Å². The quantitative estimate of drug-likeness (QED) is 0.395. The summed E-state index contributed by atoms with van der Waals surface area (Å²) in [6, 6.07) is 15.0. The van der Waals surface area contributed by atoms with Crippen LogP contribution >= 0.6 is 0 Å². The number of hydrogen-bond acceptors (Lipinski definition) is 7. The fraction of sp³-hybridized carbons (Fsp3) is 0.0556. The molecule has 0 unspecified atom stereocenters. The van der Waals surface area contributed by atoms with Crippen LogP contribution in [0.25, 0.3) is 16.9 Å². The van der Waals surface area contributed by atoms with Gasteiger partial charge in [0.25, 0.3) is 15.7 Å². The summed E-state index contributed by atoms with van der Waals surface area (Å²) in [5.74, 6) is 0.661. The van der Waals surface area contributed by atoms with Gasteiger partial charge in [0, 0.05) is 23.4 Å². The lowest BCUT2D eigenvalue weighted by Gasteiger charge is -2.09. The third-order valence-electron chi connectivity index (χ3n) is 4.21. The standard InChI is InChI=1S/C18H14N6O4S/c1-12-19-20-18-11-10-17(21-23(12)18)13-2-4-14(5-3-13)22-29(27,28)16-8-6-15(7-9-16)24(25)26/h2-11,22H,1H3. The number of aryl methyl sites for hydroxylation is 1. The zero-order valence-electron chi connectivity index (χ0n) is 15.1. The number of nitro benzene ring substituents is 1. The minimum absolute atomic E-state index is 0.0672. The molecule has 1 N–H and O–H groups in total. The highest BCUT2D eigenvalue weighted by Crippen LogP contribution is 2.23. The molecular weight excluding hydrogens is 396 g/mol. The SMILES string of the molecule is Cc1nnc2ccc(-c3ccc(NS(=O)(=O)c4ccc([N+](=O)[O-])cc4)cc3)nn12. The first-order valence-corrected chi connectivity index (χ1v) is 9.88. The normalized spacial score (nSPS) is 11.5. The Morgan fingerprint density at radius 1 is 0.966 bits per heavy atom. The van der Waals surface area contributed by atoms with Crippen molar-refractivity contribution in [2.45, 2.75) is 11.8 Å². The molecule has 0 saturated heterocycles. The van der Waals surface area contributed by atoms with Gasteiger partial charge in [-0.2, -0.15) is 9.61 Å². The lowest BCUT2D eigenvalue weighted by molar-refractivity contribution is -0.384. The van der Waals surface area contributed by atoms with E-state index in [9.17, 15) is 18.5 Å². The van der Waals surface area contributed by atoms with Crippen LogP contribution in [0.1, 0.15) is 5.82 Å². The van der Waals surface area contributed by atoms with Gasteiger partial charge >= 0.3 is 0 Å². The van der Waals surface area contributed by atoms with E-state index in [1.807, 2.05) is 0 Å². The predicted octanol–water partition coefficient (Wildman–Crippen LogP) is 2.81. The molecule has 0 aliphatic rings. The van der Waals surface area contributed by atoms with Crippen molar-refractivity contribution in [1.82, 2.24) is 19.8 Å². The van der Waals surface area contributed by atoms with Gasteiger partial charge < -0.3 is 0 Å². The number of benzene rings is 2. The Kier molecular flexibility index (Phi) is 4.43. The van der Waals surface area contributed by atoms with E-state index in [-0.39, 0.29) is 10.6 Å². The van der Waals surface area contributed by atoms with Crippen LogP contribution in [0.15, 0.2) is 65.6 Å². The summed E-state index contributed by atoms with van der Waals surface area (Å²) in [5, 5.41) is 23.1. The van der Waals surface area contributed by atoms with Crippen LogP contribution in [0.5, 0.6) is 0 Å². The molecule has 0 spiro atoms. The molecule has 2 heterocycles. The van der Waals surface area contributed by atoms with E-state index in [2.05, 4.69) is 20.0 Å². The Bertz CT molecular complexity index is 1310. The molecule has 2 aromatic heterocycles. The van der Waals surface area contributed by atoms with Gasteiger partial charge in [-0.15, -0.1) is 10.2 Å². The number of sulfonamides is 1. The Balaban J connectivity index is 1.56. The van der Waals surface area contributed by atoms with Crippen LogP contribution in [-0.4, -0.2) is 33.2 Å². The molecule has 4 rings (SSSR count). The van der Waals surface area contributed by atoms with Crippen LogP contribution in [0.2, 0.25) is 0 Å². The smallest absolute Gasteiger partial charge is 0.269 e. The highest BCUT2D eigenvalue weighted by molar-refractivity contribution is 7.92. The van der Waals surface area contributed by atoms with E-state index in [1.54, 1.807) is 47.8 Å². The first-order chi connectivity index (χ1) is 13.8. The number of aromatic nitrogens is 4. The van der Waals surface area contributed by atoms with Crippen molar-refractivity contribution >= 4 is 27.0 Å². The molecule has 11 heteroatoms. The fourth-order valence-corrected chi connectivity index (χ4v) is 3.78. The number of nitro groups is 1. The van der Waals surface area contributed by atoms with Crippen LogP contribution in [0, 0.1) is 17.0 Å². The molecule has 0 aliphatic heterocycles. The van der Waals surface area contributed by atoms with Crippen molar-refractivity contribution in [1.29, 1.82) is 0 Å². The Morgan fingerprint density at radius 3 is 2.31 bits per heavy atom. The topological polar surface area (TPSA) is 132 Å². The summed E-state index contributed by atoms with van der Waals surface area (Å²) in [4.78, 5) is 10.0. The van der Waals surface area contributed by atoms with Gasteiger partial charge in [0.2, 0.25) is 0 Å². The van der Waals surface area contributed by atoms with Crippen LogP contribution in [0.4, 0.5) is 11.4 Å². The second-order valence-electron chi connectivity index (χ2n) is 6.17. The number of nitrogens with one attached hydrogen (secondary N) is 1. The fourth-order valence-electron chi connectivity index (χ4n) is 2.72. The second kappa shape index (κ2) is 6.95. The van der Waals surface area contributed by atoms with E-state index in [0.29, 0.717) is 22.9 Å². The van der Waals surface area contributed by atoms with Crippen LogP contribution in [-0.2, 0) is 10.0 Å². The van der Waals surface area contributed by atoms with Gasteiger partial charge in [-0.3, -0.25) is 14.8 Å². The predicted molar refractivity (Wildman–Crippen MR) is 105 cm³/mol. The van der Waals surface area contributed by atoms with Gasteiger partial charge in [-0.05, 0) is 43.3 Å². The average molecular weight is 410 g/mol. The highest BCUT2D eigenvalue weighted by atomic mass is 32.2. The summed E-state index contributed by atoms with van der Waals surface area (Å²) < 4.78 is 29.0. The number of anilines is 1. The van der Waals surface area contributed by atoms with Crippen LogP contribution in [0.3, 0.4) is 0 Å². The average Bonchev–Trinajstić information content (AvgIpc) is 3.09. The number of non-ortho nitro benzene ring substituents is 1. The highest BCUT2D eigenvalue weighted by Gasteiger charge is 2.16. The van der Waals surface area contributed by atoms with E-state index < -0.39 is 14.9 Å². The van der Waals surface area contributed by atoms with Crippen LogP contribution < -0.4 is 4.72 Å². The monoisotopic (exact) mass is 410 g/mol. The summed E-state index contributed by atoms with van der Waals surface area (Å²) in [6.45, 7) is 1.80. The van der Waals surface area contributed by atoms with E-state index in [1.165, 1.54) is 12.1 Å². The Hall–Kier alpha value is -3.86. The van der Waals surface area contributed by atoms with Crippen molar-refractivity contribution in [3.8, 4) is 11.3 Å². The molecule has 10 nitrogen and oxygen atoms in total. The van der Waals surface area contributed by atoms with Gasteiger partial charge in [-0.1, -0.05) is 12.1 Å². The second-order valence-corrected chi connectivity index (χ2v) is 7.85. The molecule has 29 heavy (non-hydrogen) atoms. The lowest BCUT2D eigenvalue weighted by Crippen LogP contribution is -2.12. The number of hydrogen-bond donors (Lipinski definition) is 1. The molecule has 0 fully saturated rings. The Morgan fingerprint density at radius 2 is 1.66 bits per heavy atom. The first kappa shape index (κ1) is 18.5. The third-order valence-corrected chi connectivity index (χ3v) is 5.61. The minimum Gasteiger partial charge on any atom is -0.280 e. The maximum absolute atomic E-state index is 12.5. The first-order valence-electron chi connectivity index (χ1n) is 8.40. The molecule has 146 valence electrons. The molecule has 0 saturated carbocycles. The van der Waals surface area contributed by atoms with E-state index in [4.69, 9.17) is 0 Å². The summed E-state index contributed by atoms with van der Waals surface area (Å²) >= 11 is 0. The Labute approximate surface area is 165 Å². The number of rotatable bonds is 5. The lowest BCUT2D eigenvalue weighted by atomic mass is 10.1. The molecule has 0 bridgehead atoms. The molecule has 4 aromatic rings.